The quantitative estimate of drug-likeness (QED) is 0.559. The molecule has 1 fully saturated rings. The zero-order valence-corrected chi connectivity index (χ0v) is 13.7. The predicted molar refractivity (Wildman–Crippen MR) is 81.2 cm³/mol. The van der Waals surface area contributed by atoms with E-state index in [9.17, 15) is 17.6 Å². The first-order chi connectivity index (χ1) is 10.3. The first kappa shape index (κ1) is 18.0. The molecule has 7 heteroatoms. The fourth-order valence-corrected chi connectivity index (χ4v) is 2.17. The highest BCUT2D eigenvalue weighted by Gasteiger charge is 2.53. The molecule has 23 heavy (non-hydrogen) atoms. The molecular formula is C16H19BF4O2. The summed E-state index contributed by atoms with van der Waals surface area (Å²) < 4.78 is 63.5. The van der Waals surface area contributed by atoms with Crippen molar-refractivity contribution in [1.29, 1.82) is 0 Å². The van der Waals surface area contributed by atoms with Crippen LogP contribution in [-0.4, -0.2) is 18.3 Å². The Labute approximate surface area is 133 Å². The zero-order chi connectivity index (χ0) is 17.6. The molecule has 1 aliphatic rings. The molecule has 0 aromatic heterocycles. The van der Waals surface area contributed by atoms with Gasteiger partial charge < -0.3 is 9.31 Å². The van der Waals surface area contributed by atoms with Gasteiger partial charge in [0, 0.05) is 0 Å². The van der Waals surface area contributed by atoms with Gasteiger partial charge in [0.25, 0.3) is 0 Å². The molecule has 0 spiro atoms. The first-order valence-electron chi connectivity index (χ1n) is 7.25. The van der Waals surface area contributed by atoms with Crippen LogP contribution in [0.15, 0.2) is 30.0 Å². The average molecular weight is 330 g/mol. The van der Waals surface area contributed by atoms with E-state index < -0.39 is 35.8 Å². The van der Waals surface area contributed by atoms with Crippen molar-refractivity contribution in [2.45, 2.75) is 52.0 Å². The molecule has 2 rings (SSSR count). The van der Waals surface area contributed by atoms with E-state index in [0.717, 1.165) is 12.1 Å². The number of alkyl halides is 3. The molecule has 1 aliphatic heterocycles. The Morgan fingerprint density at radius 1 is 0.957 bits per heavy atom. The van der Waals surface area contributed by atoms with Crippen molar-refractivity contribution in [1.82, 2.24) is 0 Å². The van der Waals surface area contributed by atoms with Gasteiger partial charge in [-0.2, -0.15) is 13.2 Å². The van der Waals surface area contributed by atoms with E-state index in [1.165, 1.54) is 19.1 Å². The van der Waals surface area contributed by atoms with E-state index in [2.05, 4.69) is 0 Å². The van der Waals surface area contributed by atoms with Crippen LogP contribution in [0.2, 0.25) is 0 Å². The Morgan fingerprint density at radius 3 is 1.78 bits per heavy atom. The van der Waals surface area contributed by atoms with Crippen LogP contribution < -0.4 is 0 Å². The second kappa shape index (κ2) is 5.63. The minimum Gasteiger partial charge on any atom is -0.398 e. The Balaban J connectivity index is 2.28. The molecule has 126 valence electrons. The van der Waals surface area contributed by atoms with E-state index in [-0.39, 0.29) is 5.57 Å². The van der Waals surface area contributed by atoms with E-state index in [1.54, 1.807) is 27.7 Å². The van der Waals surface area contributed by atoms with Gasteiger partial charge in [-0.25, -0.2) is 4.39 Å². The monoisotopic (exact) mass is 330 g/mol. The van der Waals surface area contributed by atoms with Crippen LogP contribution in [-0.2, 0) is 15.5 Å². The maximum Gasteiger partial charge on any atom is 0.525 e. The second-order valence-electron chi connectivity index (χ2n) is 6.64. The molecule has 0 bridgehead atoms. The Morgan fingerprint density at radius 2 is 1.39 bits per heavy atom. The van der Waals surface area contributed by atoms with Gasteiger partial charge in [0.15, 0.2) is 0 Å². The van der Waals surface area contributed by atoms with Crippen LogP contribution in [0, 0.1) is 0 Å². The van der Waals surface area contributed by atoms with Gasteiger partial charge >= 0.3 is 13.3 Å². The summed E-state index contributed by atoms with van der Waals surface area (Å²) in [5, 5.41) is 0. The summed E-state index contributed by atoms with van der Waals surface area (Å²) >= 11 is 0. The molecular weight excluding hydrogens is 311 g/mol. The lowest BCUT2D eigenvalue weighted by Gasteiger charge is -2.32. The lowest BCUT2D eigenvalue weighted by Crippen LogP contribution is -2.41. The number of benzene rings is 1. The molecule has 0 unspecified atom stereocenters. The minimum absolute atomic E-state index is 0.192. The summed E-state index contributed by atoms with van der Waals surface area (Å²) in [6, 6.07) is 4.33. The highest BCUT2D eigenvalue weighted by atomic mass is 19.4. The van der Waals surface area contributed by atoms with Gasteiger partial charge in [0.05, 0.1) is 16.8 Å². The van der Waals surface area contributed by atoms with Crippen LogP contribution in [0.5, 0.6) is 0 Å². The summed E-state index contributed by atoms with van der Waals surface area (Å²) in [4.78, 5) is 0. The standard InChI is InChI=1S/C16H19BF4O2/c1-10(11-6-8-12(9-7-11)16(19,20)21)13(18)17-22-14(2,3)15(4,5)23-17/h6-9H,1-5H3. The van der Waals surface area contributed by atoms with E-state index in [4.69, 9.17) is 9.31 Å². The molecule has 1 aromatic rings. The van der Waals surface area contributed by atoms with Gasteiger partial charge in [-0.15, -0.1) is 0 Å². The third kappa shape index (κ3) is 3.45. The maximum absolute atomic E-state index is 14.6. The number of allylic oxidation sites excluding steroid dienone is 1. The van der Waals surface area contributed by atoms with E-state index in [1.807, 2.05) is 0 Å². The summed E-state index contributed by atoms with van der Waals surface area (Å²) in [7, 11) is -1.16. The fraction of sp³-hybridized carbons (Fsp3) is 0.500. The van der Waals surface area contributed by atoms with Gasteiger partial charge in [0.1, 0.15) is 5.73 Å². The number of hydrogen-bond donors (Lipinski definition) is 0. The fourth-order valence-electron chi connectivity index (χ4n) is 2.17. The van der Waals surface area contributed by atoms with Crippen molar-refractivity contribution in [3.8, 4) is 0 Å². The molecule has 0 N–H and O–H groups in total. The van der Waals surface area contributed by atoms with Gasteiger partial charge in [0.2, 0.25) is 0 Å². The molecule has 1 heterocycles. The molecule has 2 nitrogen and oxygen atoms in total. The van der Waals surface area contributed by atoms with Gasteiger partial charge in [-0.05, 0) is 57.9 Å². The average Bonchev–Trinajstić information content (AvgIpc) is 2.65. The minimum atomic E-state index is -4.42. The van der Waals surface area contributed by atoms with Crippen molar-refractivity contribution >= 4 is 12.7 Å². The van der Waals surface area contributed by atoms with E-state index in [0.29, 0.717) is 5.56 Å². The van der Waals surface area contributed by atoms with Crippen molar-refractivity contribution in [2.24, 2.45) is 0 Å². The lowest BCUT2D eigenvalue weighted by molar-refractivity contribution is -0.137. The molecule has 0 atom stereocenters. The van der Waals surface area contributed by atoms with Crippen LogP contribution in [0.1, 0.15) is 45.7 Å². The molecule has 0 amide bonds. The molecule has 0 radical (unpaired) electrons. The molecule has 1 aromatic carbocycles. The molecule has 0 aliphatic carbocycles. The van der Waals surface area contributed by atoms with Crippen molar-refractivity contribution in [3.63, 3.8) is 0 Å². The SMILES string of the molecule is CC(=C(F)B1OC(C)(C)C(C)(C)O1)c1ccc(C(F)(F)F)cc1. The summed E-state index contributed by atoms with van der Waals surface area (Å²) in [6.45, 7) is 8.69. The third-order valence-corrected chi connectivity index (χ3v) is 4.46. The van der Waals surface area contributed by atoms with Crippen molar-refractivity contribution in [3.05, 3.63) is 41.1 Å². The molecule has 1 saturated heterocycles. The molecule has 0 saturated carbocycles. The smallest absolute Gasteiger partial charge is 0.398 e. The van der Waals surface area contributed by atoms with Crippen LogP contribution in [0.3, 0.4) is 0 Å². The highest BCUT2D eigenvalue weighted by Crippen LogP contribution is 2.40. The van der Waals surface area contributed by atoms with Crippen molar-refractivity contribution < 1.29 is 26.9 Å². The Hall–Kier alpha value is -1.34. The Bertz CT molecular complexity index is 602. The topological polar surface area (TPSA) is 18.5 Å². The third-order valence-electron chi connectivity index (χ3n) is 4.46. The van der Waals surface area contributed by atoms with Crippen molar-refractivity contribution in [2.75, 3.05) is 0 Å². The second-order valence-corrected chi connectivity index (χ2v) is 6.64. The van der Waals surface area contributed by atoms with Crippen LogP contribution in [0.25, 0.3) is 5.57 Å². The highest BCUT2D eigenvalue weighted by molar-refractivity contribution is 6.55. The largest absolute Gasteiger partial charge is 0.525 e. The lowest BCUT2D eigenvalue weighted by atomic mass is 9.83. The van der Waals surface area contributed by atoms with E-state index >= 15 is 0 Å². The van der Waals surface area contributed by atoms with Gasteiger partial charge in [-0.1, -0.05) is 12.1 Å². The number of rotatable bonds is 2. The number of halogens is 4. The maximum atomic E-state index is 14.6. The van der Waals surface area contributed by atoms with Crippen LogP contribution >= 0.6 is 0 Å². The van der Waals surface area contributed by atoms with Gasteiger partial charge in [-0.3, -0.25) is 0 Å². The zero-order valence-electron chi connectivity index (χ0n) is 13.7. The predicted octanol–water partition coefficient (Wildman–Crippen LogP) is 5.04. The van der Waals surface area contributed by atoms with Crippen LogP contribution in [0.4, 0.5) is 17.6 Å². The Kier molecular flexibility index (Phi) is 4.41. The first-order valence-corrected chi connectivity index (χ1v) is 7.25. The summed E-state index contributed by atoms with van der Waals surface area (Å²) in [6.07, 6.45) is -4.42. The summed E-state index contributed by atoms with van der Waals surface area (Å²) in [5.74, 6) is 0. The number of hydrogen-bond acceptors (Lipinski definition) is 2. The normalized spacial score (nSPS) is 21.3. The summed E-state index contributed by atoms with van der Waals surface area (Å²) in [5.41, 5.74) is -2.24.